The van der Waals surface area contributed by atoms with Crippen LogP contribution in [0.1, 0.15) is 40.2 Å². The number of carbonyl (C=O) groups is 2. The molecule has 1 aromatic heterocycles. The fourth-order valence-electron chi connectivity index (χ4n) is 3.96. The number of benzene rings is 2. The number of likely N-dealkylation sites (tertiary alicyclic amines) is 1. The minimum absolute atomic E-state index is 0.0429. The number of aromatic nitrogens is 2. The van der Waals surface area contributed by atoms with Crippen molar-refractivity contribution >= 4 is 40.7 Å². The topological polar surface area (TPSA) is 67.2 Å². The number of nitrogens with one attached hydrogen (secondary N) is 1. The van der Waals surface area contributed by atoms with Gasteiger partial charge in [0.2, 0.25) is 5.91 Å². The molecule has 2 amide bonds. The summed E-state index contributed by atoms with van der Waals surface area (Å²) in [6, 6.07) is 12.4. The van der Waals surface area contributed by atoms with Gasteiger partial charge < -0.3 is 10.2 Å². The van der Waals surface area contributed by atoms with Crippen LogP contribution in [0.25, 0.3) is 5.69 Å². The fourth-order valence-corrected chi connectivity index (χ4v) is 4.26. The van der Waals surface area contributed by atoms with E-state index in [0.29, 0.717) is 21.3 Å². The van der Waals surface area contributed by atoms with Gasteiger partial charge in [-0.05, 0) is 69.2 Å². The van der Waals surface area contributed by atoms with Crippen molar-refractivity contribution in [2.24, 2.45) is 0 Å². The van der Waals surface area contributed by atoms with E-state index in [0.717, 1.165) is 48.6 Å². The highest BCUT2D eigenvalue weighted by atomic mass is 35.5. The lowest BCUT2D eigenvalue weighted by Crippen LogP contribution is -2.27. The van der Waals surface area contributed by atoms with E-state index in [1.807, 2.05) is 24.8 Å². The number of nitrogens with zero attached hydrogens (tertiary/aromatic N) is 3. The molecule has 1 fully saturated rings. The molecule has 4 rings (SSSR count). The summed E-state index contributed by atoms with van der Waals surface area (Å²) in [6.07, 6.45) is 2.30. The van der Waals surface area contributed by atoms with Gasteiger partial charge in [-0.3, -0.25) is 9.59 Å². The summed E-state index contributed by atoms with van der Waals surface area (Å²) in [5.74, 6) is -0.107. The van der Waals surface area contributed by atoms with E-state index in [9.17, 15) is 9.59 Å². The van der Waals surface area contributed by atoms with Gasteiger partial charge in [0.15, 0.2) is 0 Å². The molecule has 0 aliphatic carbocycles. The minimum atomic E-state index is -0.150. The van der Waals surface area contributed by atoms with Gasteiger partial charge in [0.05, 0.1) is 27.8 Å². The van der Waals surface area contributed by atoms with E-state index < -0.39 is 0 Å². The second-order valence-corrected chi connectivity index (χ2v) is 8.78. The quantitative estimate of drug-likeness (QED) is 0.556. The predicted octanol–water partition coefficient (Wildman–Crippen LogP) is 5.21. The van der Waals surface area contributed by atoms with Gasteiger partial charge in [0.25, 0.3) is 5.91 Å². The number of hydrogen-bond donors (Lipinski definition) is 1. The number of amides is 2. The smallest absolute Gasteiger partial charge is 0.253 e. The lowest BCUT2D eigenvalue weighted by atomic mass is 10.1. The van der Waals surface area contributed by atoms with Crippen LogP contribution in [0, 0.1) is 13.8 Å². The zero-order chi connectivity index (χ0) is 22.8. The van der Waals surface area contributed by atoms with Crippen molar-refractivity contribution in [1.29, 1.82) is 0 Å². The van der Waals surface area contributed by atoms with Crippen LogP contribution in [0.4, 0.5) is 5.69 Å². The second kappa shape index (κ2) is 9.35. The molecule has 0 radical (unpaired) electrons. The summed E-state index contributed by atoms with van der Waals surface area (Å²) in [6.45, 7) is 5.42. The first-order valence-corrected chi connectivity index (χ1v) is 11.3. The Morgan fingerprint density at radius 2 is 1.69 bits per heavy atom. The average Bonchev–Trinajstić information content (AvgIpc) is 3.40. The highest BCUT2D eigenvalue weighted by molar-refractivity contribution is 6.42. The first kappa shape index (κ1) is 22.4. The summed E-state index contributed by atoms with van der Waals surface area (Å²) >= 11 is 12.2. The van der Waals surface area contributed by atoms with Crippen LogP contribution >= 0.6 is 23.2 Å². The first-order chi connectivity index (χ1) is 15.3. The van der Waals surface area contributed by atoms with Crippen LogP contribution in [0.3, 0.4) is 0 Å². The van der Waals surface area contributed by atoms with Gasteiger partial charge in [-0.1, -0.05) is 23.2 Å². The summed E-state index contributed by atoms with van der Waals surface area (Å²) in [4.78, 5) is 27.0. The Kier molecular flexibility index (Phi) is 6.53. The maximum absolute atomic E-state index is 12.7. The number of aryl methyl sites for hydroxylation is 1. The average molecular weight is 471 g/mol. The standard InChI is InChI=1S/C24H24Cl2N4O2/c1-15-20(16(2)30(28-15)19-9-10-21(25)22(26)13-19)14-23(31)27-18-7-5-17(6-8-18)24(32)29-11-3-4-12-29/h5-10,13H,3-4,11-12,14H2,1-2H3,(H,27,31). The minimum Gasteiger partial charge on any atom is -0.339 e. The van der Waals surface area contributed by atoms with Crippen LogP contribution in [0.15, 0.2) is 42.5 Å². The molecule has 2 heterocycles. The van der Waals surface area contributed by atoms with Crippen molar-refractivity contribution in [1.82, 2.24) is 14.7 Å². The molecule has 2 aromatic carbocycles. The van der Waals surface area contributed by atoms with Crippen LogP contribution in [0.5, 0.6) is 0 Å². The Hall–Kier alpha value is -2.83. The van der Waals surface area contributed by atoms with Gasteiger partial charge in [-0.25, -0.2) is 4.68 Å². The number of carbonyl (C=O) groups excluding carboxylic acids is 2. The van der Waals surface area contributed by atoms with Gasteiger partial charge in [-0.15, -0.1) is 0 Å². The van der Waals surface area contributed by atoms with E-state index >= 15 is 0 Å². The van der Waals surface area contributed by atoms with Crippen molar-refractivity contribution in [2.45, 2.75) is 33.1 Å². The summed E-state index contributed by atoms with van der Waals surface area (Å²) in [7, 11) is 0. The molecule has 0 atom stereocenters. The van der Waals surface area contributed by atoms with Gasteiger partial charge >= 0.3 is 0 Å². The van der Waals surface area contributed by atoms with Crippen molar-refractivity contribution in [3.05, 3.63) is 75.0 Å². The SMILES string of the molecule is Cc1nn(-c2ccc(Cl)c(Cl)c2)c(C)c1CC(=O)Nc1ccc(C(=O)N2CCCC2)cc1. The summed E-state index contributed by atoms with van der Waals surface area (Å²) in [5, 5.41) is 8.40. The molecule has 8 heteroatoms. The normalized spacial score (nSPS) is 13.4. The largest absolute Gasteiger partial charge is 0.339 e. The molecule has 0 spiro atoms. The summed E-state index contributed by atoms with van der Waals surface area (Å²) < 4.78 is 1.76. The highest BCUT2D eigenvalue weighted by Gasteiger charge is 2.20. The van der Waals surface area contributed by atoms with E-state index in [2.05, 4.69) is 10.4 Å². The molecule has 6 nitrogen and oxygen atoms in total. The molecule has 0 saturated carbocycles. The van der Waals surface area contributed by atoms with Crippen LogP contribution in [-0.4, -0.2) is 39.6 Å². The number of anilines is 1. The predicted molar refractivity (Wildman–Crippen MR) is 127 cm³/mol. The van der Waals surface area contributed by atoms with E-state index in [1.165, 1.54) is 0 Å². The number of rotatable bonds is 5. The van der Waals surface area contributed by atoms with Crippen molar-refractivity contribution in [2.75, 3.05) is 18.4 Å². The lowest BCUT2D eigenvalue weighted by molar-refractivity contribution is -0.115. The Morgan fingerprint density at radius 3 is 2.34 bits per heavy atom. The fraction of sp³-hybridized carbons (Fsp3) is 0.292. The van der Waals surface area contributed by atoms with Crippen molar-refractivity contribution in [3.63, 3.8) is 0 Å². The Bertz CT molecular complexity index is 1170. The maximum Gasteiger partial charge on any atom is 0.253 e. The molecule has 3 aromatic rings. The maximum atomic E-state index is 12.7. The zero-order valence-electron chi connectivity index (χ0n) is 18.0. The van der Waals surface area contributed by atoms with Crippen LogP contribution in [-0.2, 0) is 11.2 Å². The molecule has 32 heavy (non-hydrogen) atoms. The summed E-state index contributed by atoms with van der Waals surface area (Å²) in [5.41, 5.74) is 4.57. The lowest BCUT2D eigenvalue weighted by Gasteiger charge is -2.15. The third kappa shape index (κ3) is 4.66. The number of hydrogen-bond acceptors (Lipinski definition) is 3. The van der Waals surface area contributed by atoms with Crippen LogP contribution in [0.2, 0.25) is 10.0 Å². The first-order valence-electron chi connectivity index (χ1n) is 10.5. The molecule has 1 saturated heterocycles. The molecule has 0 bridgehead atoms. The van der Waals surface area contributed by atoms with Crippen LogP contribution < -0.4 is 5.32 Å². The molecule has 1 N–H and O–H groups in total. The van der Waals surface area contributed by atoms with Crippen molar-refractivity contribution < 1.29 is 9.59 Å². The molecule has 0 unspecified atom stereocenters. The number of halogens is 2. The molecular formula is C24H24Cl2N4O2. The highest BCUT2D eigenvalue weighted by Crippen LogP contribution is 2.26. The monoisotopic (exact) mass is 470 g/mol. The third-order valence-electron chi connectivity index (χ3n) is 5.74. The Morgan fingerprint density at radius 1 is 1.00 bits per heavy atom. The second-order valence-electron chi connectivity index (χ2n) is 7.96. The van der Waals surface area contributed by atoms with E-state index in [-0.39, 0.29) is 18.2 Å². The Labute approximate surface area is 197 Å². The van der Waals surface area contributed by atoms with Gasteiger partial charge in [0, 0.05) is 35.6 Å². The molecule has 1 aliphatic heterocycles. The third-order valence-corrected chi connectivity index (χ3v) is 6.47. The van der Waals surface area contributed by atoms with E-state index in [1.54, 1.807) is 41.1 Å². The van der Waals surface area contributed by atoms with E-state index in [4.69, 9.17) is 23.2 Å². The zero-order valence-corrected chi connectivity index (χ0v) is 19.5. The molecule has 166 valence electrons. The van der Waals surface area contributed by atoms with Crippen molar-refractivity contribution in [3.8, 4) is 5.69 Å². The van der Waals surface area contributed by atoms with Gasteiger partial charge in [-0.2, -0.15) is 5.10 Å². The molecular weight excluding hydrogens is 447 g/mol. The Balaban J connectivity index is 1.44. The molecule has 1 aliphatic rings. The van der Waals surface area contributed by atoms with Gasteiger partial charge in [0.1, 0.15) is 0 Å².